The van der Waals surface area contributed by atoms with Crippen molar-refractivity contribution in [1.82, 2.24) is 5.32 Å². The van der Waals surface area contributed by atoms with Crippen LogP contribution in [0.5, 0.6) is 11.5 Å². The molecule has 0 unspecified atom stereocenters. The van der Waals surface area contributed by atoms with Crippen LogP contribution in [0.3, 0.4) is 0 Å². The maximum absolute atomic E-state index is 9.53. The van der Waals surface area contributed by atoms with Gasteiger partial charge in [0, 0.05) is 6.54 Å². The molecule has 0 bridgehead atoms. The van der Waals surface area contributed by atoms with Gasteiger partial charge in [0.2, 0.25) is 0 Å². The fourth-order valence-electron chi connectivity index (χ4n) is 1.33. The topological polar surface area (TPSA) is 41.5 Å². The molecule has 0 atom stereocenters. The van der Waals surface area contributed by atoms with Gasteiger partial charge in [-0.05, 0) is 37.6 Å². The molecule has 3 nitrogen and oxygen atoms in total. The van der Waals surface area contributed by atoms with Gasteiger partial charge in [-0.2, -0.15) is 0 Å². The van der Waals surface area contributed by atoms with Crippen molar-refractivity contribution in [2.45, 2.75) is 25.5 Å². The molecule has 0 heterocycles. The van der Waals surface area contributed by atoms with Gasteiger partial charge in [0.05, 0.1) is 6.10 Å². The summed E-state index contributed by atoms with van der Waals surface area (Å²) in [5.74, 6) is 0.844. The van der Waals surface area contributed by atoms with Crippen molar-refractivity contribution in [3.63, 3.8) is 0 Å². The summed E-state index contributed by atoms with van der Waals surface area (Å²) in [6.45, 7) is 0.793. The Balaban J connectivity index is 2.13. The van der Waals surface area contributed by atoms with Crippen LogP contribution in [0, 0.1) is 0 Å². The molecule has 76 valence electrons. The van der Waals surface area contributed by atoms with Crippen molar-refractivity contribution in [3.05, 3.63) is 23.8 Å². The van der Waals surface area contributed by atoms with Crippen molar-refractivity contribution in [3.8, 4) is 11.5 Å². The number of benzene rings is 1. The van der Waals surface area contributed by atoms with Gasteiger partial charge in [0.15, 0.2) is 11.5 Å². The number of nitrogens with one attached hydrogen (secondary N) is 1. The third kappa shape index (κ3) is 2.17. The molecule has 14 heavy (non-hydrogen) atoms. The first-order chi connectivity index (χ1) is 6.79. The lowest BCUT2D eigenvalue weighted by atomic mass is 10.2. The van der Waals surface area contributed by atoms with Crippen LogP contribution in [0.2, 0.25) is 0 Å². The van der Waals surface area contributed by atoms with E-state index in [-0.39, 0.29) is 5.75 Å². The molecule has 0 spiro atoms. The molecular formula is C11H15NO2. The lowest BCUT2D eigenvalue weighted by molar-refractivity contribution is 0.286. The number of aromatic hydroxyl groups is 1. The Morgan fingerprint density at radius 1 is 1.50 bits per heavy atom. The average molecular weight is 193 g/mol. The molecule has 0 aromatic heterocycles. The highest BCUT2D eigenvalue weighted by atomic mass is 16.5. The van der Waals surface area contributed by atoms with E-state index in [4.69, 9.17) is 4.74 Å². The standard InChI is InChI=1S/C11H15NO2/c1-12-7-8-2-5-10(13)11(6-8)14-9-3-4-9/h2,5-6,9,12-13H,3-4,7H2,1H3. The summed E-state index contributed by atoms with van der Waals surface area (Å²) in [6.07, 6.45) is 2.54. The highest BCUT2D eigenvalue weighted by Crippen LogP contribution is 2.33. The molecule has 2 N–H and O–H groups in total. The van der Waals surface area contributed by atoms with Crippen molar-refractivity contribution in [2.24, 2.45) is 0 Å². The number of rotatable bonds is 4. The minimum absolute atomic E-state index is 0.233. The Morgan fingerprint density at radius 2 is 2.29 bits per heavy atom. The number of phenols is 1. The first kappa shape index (κ1) is 9.34. The molecule has 1 aliphatic carbocycles. The molecule has 0 saturated heterocycles. The Hall–Kier alpha value is -1.22. The summed E-state index contributed by atoms with van der Waals surface area (Å²) >= 11 is 0. The second-order valence-corrected chi connectivity index (χ2v) is 3.65. The maximum atomic E-state index is 9.53. The van der Waals surface area contributed by atoms with Crippen molar-refractivity contribution < 1.29 is 9.84 Å². The third-order valence-corrected chi connectivity index (χ3v) is 2.22. The van der Waals surface area contributed by atoms with Crippen LogP contribution in [0.4, 0.5) is 0 Å². The second kappa shape index (κ2) is 3.88. The van der Waals surface area contributed by atoms with Gasteiger partial charge < -0.3 is 15.2 Å². The van der Waals surface area contributed by atoms with Crippen LogP contribution >= 0.6 is 0 Å². The second-order valence-electron chi connectivity index (χ2n) is 3.65. The molecule has 1 aromatic rings. The zero-order chi connectivity index (χ0) is 9.97. The first-order valence-electron chi connectivity index (χ1n) is 4.93. The minimum atomic E-state index is 0.233. The summed E-state index contributed by atoms with van der Waals surface area (Å²) in [5.41, 5.74) is 1.13. The lowest BCUT2D eigenvalue weighted by Crippen LogP contribution is -2.05. The van der Waals surface area contributed by atoms with Gasteiger partial charge in [-0.15, -0.1) is 0 Å². The van der Waals surface area contributed by atoms with E-state index in [9.17, 15) is 5.11 Å². The molecule has 0 aliphatic heterocycles. The number of phenolic OH excluding ortho intramolecular Hbond substituents is 1. The zero-order valence-electron chi connectivity index (χ0n) is 8.29. The van der Waals surface area contributed by atoms with Crippen LogP contribution in [-0.4, -0.2) is 18.3 Å². The first-order valence-corrected chi connectivity index (χ1v) is 4.93. The molecule has 0 radical (unpaired) electrons. The largest absolute Gasteiger partial charge is 0.504 e. The molecule has 1 saturated carbocycles. The molecule has 1 fully saturated rings. The Bertz CT molecular complexity index is 321. The summed E-state index contributed by atoms with van der Waals surface area (Å²) in [5, 5.41) is 12.6. The van der Waals surface area contributed by atoms with Crippen LogP contribution in [0.15, 0.2) is 18.2 Å². The molecule has 3 heteroatoms. The fourth-order valence-corrected chi connectivity index (χ4v) is 1.33. The van der Waals surface area contributed by atoms with Gasteiger partial charge in [-0.3, -0.25) is 0 Å². The predicted octanol–water partition coefficient (Wildman–Crippen LogP) is 1.65. The lowest BCUT2D eigenvalue weighted by Gasteiger charge is -2.08. The van der Waals surface area contributed by atoms with Crippen LogP contribution in [0.1, 0.15) is 18.4 Å². The highest BCUT2D eigenvalue weighted by molar-refractivity contribution is 5.42. The van der Waals surface area contributed by atoms with E-state index in [1.807, 2.05) is 19.2 Å². The van der Waals surface area contributed by atoms with Crippen LogP contribution in [-0.2, 0) is 6.54 Å². The Morgan fingerprint density at radius 3 is 2.93 bits per heavy atom. The minimum Gasteiger partial charge on any atom is -0.504 e. The highest BCUT2D eigenvalue weighted by Gasteiger charge is 2.24. The molecule has 2 rings (SSSR count). The van der Waals surface area contributed by atoms with Gasteiger partial charge in [0.1, 0.15) is 0 Å². The Labute approximate surface area is 83.7 Å². The van der Waals surface area contributed by atoms with Gasteiger partial charge in [-0.1, -0.05) is 6.07 Å². The third-order valence-electron chi connectivity index (χ3n) is 2.22. The number of hydrogen-bond acceptors (Lipinski definition) is 3. The summed E-state index contributed by atoms with van der Waals surface area (Å²) in [4.78, 5) is 0. The predicted molar refractivity (Wildman–Crippen MR) is 54.5 cm³/mol. The van der Waals surface area contributed by atoms with Crippen molar-refractivity contribution in [1.29, 1.82) is 0 Å². The summed E-state index contributed by atoms with van der Waals surface area (Å²) in [6, 6.07) is 5.47. The van der Waals surface area contributed by atoms with E-state index in [1.54, 1.807) is 6.07 Å². The van der Waals surface area contributed by atoms with E-state index in [1.165, 1.54) is 0 Å². The normalized spacial score (nSPS) is 15.5. The van der Waals surface area contributed by atoms with Gasteiger partial charge in [0.25, 0.3) is 0 Å². The molecule has 1 aromatic carbocycles. The van der Waals surface area contributed by atoms with Gasteiger partial charge in [-0.25, -0.2) is 0 Å². The van der Waals surface area contributed by atoms with Gasteiger partial charge >= 0.3 is 0 Å². The zero-order valence-corrected chi connectivity index (χ0v) is 8.29. The molecule has 0 amide bonds. The van der Waals surface area contributed by atoms with E-state index < -0.39 is 0 Å². The van der Waals surface area contributed by atoms with Crippen molar-refractivity contribution in [2.75, 3.05) is 7.05 Å². The van der Waals surface area contributed by atoms with E-state index in [2.05, 4.69) is 5.32 Å². The average Bonchev–Trinajstić information content (AvgIpc) is 2.95. The van der Waals surface area contributed by atoms with E-state index >= 15 is 0 Å². The Kier molecular flexibility index (Phi) is 2.59. The van der Waals surface area contributed by atoms with E-state index in [0.717, 1.165) is 24.9 Å². The quantitative estimate of drug-likeness (QED) is 0.764. The molecule has 1 aliphatic rings. The monoisotopic (exact) mass is 193 g/mol. The summed E-state index contributed by atoms with van der Waals surface area (Å²) < 4.78 is 5.57. The van der Waals surface area contributed by atoms with E-state index in [0.29, 0.717) is 11.9 Å². The number of hydrogen-bond donors (Lipinski definition) is 2. The number of ether oxygens (including phenoxy) is 1. The fraction of sp³-hybridized carbons (Fsp3) is 0.455. The van der Waals surface area contributed by atoms with Crippen molar-refractivity contribution >= 4 is 0 Å². The maximum Gasteiger partial charge on any atom is 0.161 e. The SMILES string of the molecule is CNCc1ccc(O)c(OC2CC2)c1. The summed E-state index contributed by atoms with van der Waals surface area (Å²) in [7, 11) is 1.90. The smallest absolute Gasteiger partial charge is 0.161 e. The van der Waals surface area contributed by atoms with Crippen LogP contribution in [0.25, 0.3) is 0 Å². The molecular weight excluding hydrogens is 178 g/mol. The van der Waals surface area contributed by atoms with Crippen LogP contribution < -0.4 is 10.1 Å².